The van der Waals surface area contributed by atoms with Crippen LogP contribution in [0.5, 0.6) is 0 Å². The van der Waals surface area contributed by atoms with Gasteiger partial charge in [-0.3, -0.25) is 15.0 Å². The van der Waals surface area contributed by atoms with Crippen LogP contribution in [0.3, 0.4) is 0 Å². The molecule has 3 rings (SSSR count). The molecule has 1 aliphatic heterocycles. The first-order valence-electron chi connectivity index (χ1n) is 13.5. The molecule has 0 spiro atoms. The predicted molar refractivity (Wildman–Crippen MR) is 153 cm³/mol. The number of nitro benzene ring substituents is 1. The molecule has 0 amide bonds. The van der Waals surface area contributed by atoms with Gasteiger partial charge < -0.3 is 14.8 Å². The standard InChI is InChI=1S/C31H38FN3O6/c1-7-16-34(17-22-12-9-8-10-13-22)18-31(4,5)19-41-30(37)26-21(3)33-20(2)25(29(36)40-6)27(26)23-14-11-15-24(28(23)32)35(38)39/h8-15,27,33H,7,16-19H2,1-6H3. The van der Waals surface area contributed by atoms with Crippen molar-refractivity contribution in [1.82, 2.24) is 10.2 Å². The van der Waals surface area contributed by atoms with Gasteiger partial charge in [0.1, 0.15) is 0 Å². The van der Waals surface area contributed by atoms with Crippen LogP contribution in [0.1, 0.15) is 58.1 Å². The fraction of sp³-hybridized carbons (Fsp3) is 0.419. The Hall–Kier alpha value is -4.05. The van der Waals surface area contributed by atoms with Crippen molar-refractivity contribution in [1.29, 1.82) is 0 Å². The van der Waals surface area contributed by atoms with Gasteiger partial charge in [0.15, 0.2) is 0 Å². The molecule has 2 aromatic rings. The molecule has 220 valence electrons. The first-order valence-corrected chi connectivity index (χ1v) is 13.5. The molecule has 0 aliphatic carbocycles. The minimum atomic E-state index is -1.27. The zero-order chi connectivity index (χ0) is 30.3. The molecule has 0 saturated heterocycles. The largest absolute Gasteiger partial charge is 0.466 e. The molecule has 0 aromatic heterocycles. The molecule has 10 heteroatoms. The summed E-state index contributed by atoms with van der Waals surface area (Å²) in [5.41, 5.74) is 0.443. The second-order valence-electron chi connectivity index (χ2n) is 11.0. The Labute approximate surface area is 240 Å². The third kappa shape index (κ3) is 7.58. The first-order chi connectivity index (χ1) is 19.4. The molecule has 1 heterocycles. The third-order valence-corrected chi connectivity index (χ3v) is 6.94. The van der Waals surface area contributed by atoms with Crippen molar-refractivity contribution in [2.75, 3.05) is 26.8 Å². The minimum Gasteiger partial charge on any atom is -0.466 e. The second-order valence-corrected chi connectivity index (χ2v) is 11.0. The van der Waals surface area contributed by atoms with E-state index in [-0.39, 0.29) is 23.3 Å². The molecule has 9 nitrogen and oxygen atoms in total. The number of benzene rings is 2. The summed E-state index contributed by atoms with van der Waals surface area (Å²) < 4.78 is 26.3. The van der Waals surface area contributed by atoms with Gasteiger partial charge in [-0.05, 0) is 32.4 Å². The SMILES string of the molecule is CCCN(Cc1ccccc1)CC(C)(C)COC(=O)C1=C(C)NC(C)=C(C(=O)OC)C1c1cccc([N+](=O)[O-])c1F. The molecule has 0 fully saturated rings. The molecule has 1 aliphatic rings. The molecule has 2 aromatic carbocycles. The van der Waals surface area contributed by atoms with E-state index in [0.717, 1.165) is 25.6 Å². The van der Waals surface area contributed by atoms with Crippen LogP contribution >= 0.6 is 0 Å². The number of methoxy groups -OCH3 is 1. The van der Waals surface area contributed by atoms with Crippen LogP contribution in [0.25, 0.3) is 0 Å². The lowest BCUT2D eigenvalue weighted by molar-refractivity contribution is -0.387. The van der Waals surface area contributed by atoms with Crippen LogP contribution in [0.2, 0.25) is 0 Å². The Balaban J connectivity index is 1.91. The lowest BCUT2D eigenvalue weighted by Crippen LogP contribution is -2.38. The van der Waals surface area contributed by atoms with E-state index in [9.17, 15) is 19.7 Å². The summed E-state index contributed by atoms with van der Waals surface area (Å²) in [7, 11) is 1.17. The number of dihydropyridines is 1. The Morgan fingerprint density at radius 2 is 1.68 bits per heavy atom. The average Bonchev–Trinajstić information content (AvgIpc) is 2.91. The lowest BCUT2D eigenvalue weighted by atomic mass is 9.80. The van der Waals surface area contributed by atoms with Gasteiger partial charge in [0.25, 0.3) is 0 Å². The van der Waals surface area contributed by atoms with Gasteiger partial charge >= 0.3 is 17.6 Å². The summed E-state index contributed by atoms with van der Waals surface area (Å²) in [6.07, 6.45) is 0.957. The van der Waals surface area contributed by atoms with Crippen molar-refractivity contribution < 1.29 is 28.4 Å². The number of allylic oxidation sites excluding steroid dienone is 2. The fourth-order valence-electron chi connectivity index (χ4n) is 5.22. The summed E-state index contributed by atoms with van der Waals surface area (Å²) in [6, 6.07) is 13.8. The fourth-order valence-corrected chi connectivity index (χ4v) is 5.22. The Bertz CT molecular complexity index is 1350. The normalized spacial score (nSPS) is 15.6. The number of hydrogen-bond acceptors (Lipinski definition) is 8. The number of nitrogens with one attached hydrogen (secondary N) is 1. The number of hydrogen-bond donors (Lipinski definition) is 1. The highest BCUT2D eigenvalue weighted by molar-refractivity contribution is 6.00. The van der Waals surface area contributed by atoms with Crippen molar-refractivity contribution >= 4 is 17.6 Å². The molecular weight excluding hydrogens is 529 g/mol. The zero-order valence-corrected chi connectivity index (χ0v) is 24.5. The van der Waals surface area contributed by atoms with Crippen LogP contribution in [-0.2, 0) is 25.6 Å². The van der Waals surface area contributed by atoms with Crippen molar-refractivity contribution in [3.05, 3.63) is 98.1 Å². The highest BCUT2D eigenvalue weighted by Gasteiger charge is 2.41. The maximum Gasteiger partial charge on any atom is 0.336 e. The number of nitrogens with zero attached hydrogens (tertiary/aromatic N) is 2. The van der Waals surface area contributed by atoms with Gasteiger partial charge in [-0.1, -0.05) is 63.2 Å². The van der Waals surface area contributed by atoms with Crippen LogP contribution in [-0.4, -0.2) is 48.6 Å². The maximum absolute atomic E-state index is 15.5. The van der Waals surface area contributed by atoms with E-state index in [0.29, 0.717) is 17.9 Å². The highest BCUT2D eigenvalue weighted by Crippen LogP contribution is 2.41. The summed E-state index contributed by atoms with van der Waals surface area (Å²) in [4.78, 5) is 39.5. The number of carbonyl (C=O) groups is 2. The first kappa shape index (κ1) is 31.5. The number of esters is 2. The van der Waals surface area contributed by atoms with E-state index in [4.69, 9.17) is 9.47 Å². The number of nitro groups is 1. The molecule has 1 atom stereocenters. The molecular formula is C31H38FN3O6. The van der Waals surface area contributed by atoms with Gasteiger partial charge in [0.05, 0.1) is 35.7 Å². The van der Waals surface area contributed by atoms with Gasteiger partial charge in [-0.25, -0.2) is 9.59 Å². The predicted octanol–water partition coefficient (Wildman–Crippen LogP) is 5.62. The number of halogens is 1. The topological polar surface area (TPSA) is 111 Å². The van der Waals surface area contributed by atoms with Crippen molar-refractivity contribution in [2.24, 2.45) is 5.41 Å². The lowest BCUT2D eigenvalue weighted by Gasteiger charge is -2.34. The van der Waals surface area contributed by atoms with Crippen molar-refractivity contribution in [3.63, 3.8) is 0 Å². The van der Waals surface area contributed by atoms with Crippen LogP contribution in [0.4, 0.5) is 10.1 Å². The van der Waals surface area contributed by atoms with Crippen LogP contribution in [0, 0.1) is 21.3 Å². The smallest absolute Gasteiger partial charge is 0.336 e. The quantitative estimate of drug-likeness (QED) is 0.200. The molecule has 0 bridgehead atoms. The Morgan fingerprint density at radius 3 is 2.27 bits per heavy atom. The molecule has 0 radical (unpaired) electrons. The highest BCUT2D eigenvalue weighted by atomic mass is 19.1. The van der Waals surface area contributed by atoms with Crippen molar-refractivity contribution in [3.8, 4) is 0 Å². The second kappa shape index (κ2) is 13.5. The van der Waals surface area contributed by atoms with Gasteiger partial charge in [0, 0.05) is 41.5 Å². The van der Waals surface area contributed by atoms with E-state index in [1.165, 1.54) is 24.8 Å². The van der Waals surface area contributed by atoms with E-state index in [1.807, 2.05) is 32.0 Å². The minimum absolute atomic E-state index is 0.0131. The summed E-state index contributed by atoms with van der Waals surface area (Å²) >= 11 is 0. The van der Waals surface area contributed by atoms with E-state index in [2.05, 4.69) is 29.3 Å². The molecule has 1 N–H and O–H groups in total. The van der Waals surface area contributed by atoms with E-state index < -0.39 is 39.7 Å². The van der Waals surface area contributed by atoms with Crippen LogP contribution < -0.4 is 5.32 Å². The van der Waals surface area contributed by atoms with Gasteiger partial charge in [-0.2, -0.15) is 4.39 Å². The molecule has 1 unspecified atom stereocenters. The molecule has 0 saturated carbocycles. The molecule has 41 heavy (non-hydrogen) atoms. The van der Waals surface area contributed by atoms with Crippen molar-refractivity contribution in [2.45, 2.75) is 53.5 Å². The summed E-state index contributed by atoms with van der Waals surface area (Å²) in [5, 5.41) is 14.5. The zero-order valence-electron chi connectivity index (χ0n) is 24.5. The van der Waals surface area contributed by atoms with E-state index >= 15 is 4.39 Å². The van der Waals surface area contributed by atoms with Gasteiger partial charge in [0.2, 0.25) is 5.82 Å². The maximum atomic E-state index is 15.5. The summed E-state index contributed by atoms with van der Waals surface area (Å²) in [5.74, 6) is -3.94. The van der Waals surface area contributed by atoms with Crippen LogP contribution in [0.15, 0.2) is 71.1 Å². The summed E-state index contributed by atoms with van der Waals surface area (Å²) in [6.45, 7) is 11.6. The Kier molecular flexibility index (Phi) is 10.4. The number of carbonyl (C=O) groups excluding carboxylic acids is 2. The monoisotopic (exact) mass is 567 g/mol. The van der Waals surface area contributed by atoms with Gasteiger partial charge in [-0.15, -0.1) is 0 Å². The van der Waals surface area contributed by atoms with E-state index in [1.54, 1.807) is 13.8 Å². The average molecular weight is 568 g/mol. The number of ether oxygens (including phenoxy) is 2. The number of rotatable bonds is 12. The Morgan fingerprint density at radius 1 is 1.05 bits per heavy atom. The third-order valence-electron chi connectivity index (χ3n) is 6.94.